The maximum atomic E-state index is 10.5. The van der Waals surface area contributed by atoms with Crippen LogP contribution in [0.4, 0.5) is 0 Å². The number of carbonyl (C=O) groups is 1. The van der Waals surface area contributed by atoms with Gasteiger partial charge < -0.3 is 5.41 Å². The summed E-state index contributed by atoms with van der Waals surface area (Å²) in [6.07, 6.45) is 6.33. The SMILES string of the molecule is N=C/C(C#Cc1ccc(CCCCCI)cc1)=C(/Cl)C=O. The first-order chi connectivity index (χ1) is 10.2. The number of unbranched alkanes of at least 4 members (excludes halogenated alkanes) is 2. The van der Waals surface area contributed by atoms with Crippen LogP contribution in [0.3, 0.4) is 0 Å². The maximum Gasteiger partial charge on any atom is 0.162 e. The van der Waals surface area contributed by atoms with E-state index in [-0.39, 0.29) is 10.6 Å². The van der Waals surface area contributed by atoms with Gasteiger partial charge in [-0.3, -0.25) is 4.79 Å². The third kappa shape index (κ3) is 6.92. The van der Waals surface area contributed by atoms with Gasteiger partial charge in [0.05, 0.1) is 10.6 Å². The van der Waals surface area contributed by atoms with Crippen LogP contribution in [0.2, 0.25) is 0 Å². The molecule has 0 saturated carbocycles. The van der Waals surface area contributed by atoms with Gasteiger partial charge in [0.15, 0.2) is 6.29 Å². The van der Waals surface area contributed by atoms with E-state index in [1.165, 1.54) is 29.3 Å². The predicted molar refractivity (Wildman–Crippen MR) is 97.5 cm³/mol. The molecule has 1 rings (SSSR count). The summed E-state index contributed by atoms with van der Waals surface area (Å²) in [6.45, 7) is 0. The lowest BCUT2D eigenvalue weighted by Gasteiger charge is -2.01. The minimum absolute atomic E-state index is 0.0376. The number of benzene rings is 1. The van der Waals surface area contributed by atoms with Gasteiger partial charge in [0.25, 0.3) is 0 Å². The molecule has 0 heterocycles. The molecule has 0 radical (unpaired) electrons. The van der Waals surface area contributed by atoms with Crippen molar-refractivity contribution in [2.24, 2.45) is 0 Å². The number of carbonyl (C=O) groups excluding carboxylic acids is 1. The fourth-order valence-corrected chi connectivity index (χ4v) is 2.36. The smallest absolute Gasteiger partial charge is 0.162 e. The average molecular weight is 414 g/mol. The summed E-state index contributed by atoms with van der Waals surface area (Å²) in [5, 5.41) is 7.14. The second kappa shape index (κ2) is 10.6. The number of nitrogens with one attached hydrogen (secondary N) is 1. The highest BCUT2D eigenvalue weighted by atomic mass is 127. The van der Waals surface area contributed by atoms with Crippen LogP contribution in [-0.4, -0.2) is 16.9 Å². The summed E-state index contributed by atoms with van der Waals surface area (Å²) in [5.74, 6) is 5.65. The molecule has 0 amide bonds. The van der Waals surface area contributed by atoms with Crippen molar-refractivity contribution in [3.05, 3.63) is 46.0 Å². The first-order valence-electron chi connectivity index (χ1n) is 6.73. The molecule has 0 unspecified atom stereocenters. The highest BCUT2D eigenvalue weighted by Crippen LogP contribution is 2.10. The molecule has 0 aliphatic heterocycles. The van der Waals surface area contributed by atoms with Crippen molar-refractivity contribution in [3.63, 3.8) is 0 Å². The number of halogens is 2. The number of hydrogen-bond donors (Lipinski definition) is 1. The lowest BCUT2D eigenvalue weighted by atomic mass is 10.1. The van der Waals surface area contributed by atoms with Gasteiger partial charge in [-0.05, 0) is 41.4 Å². The molecule has 0 aromatic heterocycles. The Kier molecular flexibility index (Phi) is 9.04. The zero-order valence-electron chi connectivity index (χ0n) is 11.7. The van der Waals surface area contributed by atoms with Crippen LogP contribution in [0.25, 0.3) is 0 Å². The molecule has 0 aliphatic carbocycles. The average Bonchev–Trinajstić information content (AvgIpc) is 2.53. The maximum absolute atomic E-state index is 10.5. The van der Waals surface area contributed by atoms with Crippen molar-refractivity contribution in [2.75, 3.05) is 4.43 Å². The number of hydrogen-bond acceptors (Lipinski definition) is 2. The minimum Gasteiger partial charge on any atom is -0.307 e. The molecule has 21 heavy (non-hydrogen) atoms. The highest BCUT2D eigenvalue weighted by Gasteiger charge is 1.97. The summed E-state index contributed by atoms with van der Waals surface area (Å²) in [7, 11) is 0. The van der Waals surface area contributed by atoms with Crippen LogP contribution >= 0.6 is 34.2 Å². The summed E-state index contributed by atoms with van der Waals surface area (Å²) < 4.78 is 1.22. The van der Waals surface area contributed by atoms with Crippen LogP contribution in [0, 0.1) is 17.3 Å². The zero-order chi connectivity index (χ0) is 15.5. The Labute approximate surface area is 144 Å². The Morgan fingerprint density at radius 3 is 2.52 bits per heavy atom. The Balaban J connectivity index is 2.67. The van der Waals surface area contributed by atoms with E-state index in [0.29, 0.717) is 6.29 Å². The second-order valence-corrected chi connectivity index (χ2v) is 5.96. The molecule has 2 nitrogen and oxygen atoms in total. The van der Waals surface area contributed by atoms with Crippen molar-refractivity contribution < 1.29 is 4.79 Å². The molecule has 0 saturated heterocycles. The Morgan fingerprint density at radius 2 is 1.95 bits per heavy atom. The normalized spacial score (nSPS) is 11.1. The number of allylic oxidation sites excluding steroid dienone is 2. The fourth-order valence-electron chi connectivity index (χ4n) is 1.72. The number of aldehydes is 1. The molecule has 0 aliphatic rings. The molecule has 0 bridgehead atoms. The molecule has 1 N–H and O–H groups in total. The minimum atomic E-state index is -0.0376. The first-order valence-corrected chi connectivity index (χ1v) is 8.64. The number of aryl methyl sites for hydroxylation is 1. The van der Waals surface area contributed by atoms with Crippen LogP contribution in [-0.2, 0) is 11.2 Å². The van der Waals surface area contributed by atoms with Gasteiger partial charge in [-0.1, -0.05) is 64.6 Å². The number of alkyl halides is 1. The summed E-state index contributed by atoms with van der Waals surface area (Å²) in [4.78, 5) is 10.5. The topological polar surface area (TPSA) is 40.9 Å². The van der Waals surface area contributed by atoms with E-state index in [1.54, 1.807) is 0 Å². The summed E-state index contributed by atoms with van der Waals surface area (Å²) >= 11 is 8.07. The van der Waals surface area contributed by atoms with Crippen molar-refractivity contribution >= 4 is 46.7 Å². The molecular weight excluding hydrogens is 397 g/mol. The molecule has 1 aromatic rings. The monoisotopic (exact) mass is 413 g/mol. The van der Waals surface area contributed by atoms with Crippen molar-refractivity contribution in [3.8, 4) is 11.8 Å². The van der Waals surface area contributed by atoms with Gasteiger partial charge in [-0.15, -0.1) is 0 Å². The van der Waals surface area contributed by atoms with Crippen molar-refractivity contribution in [2.45, 2.75) is 25.7 Å². The molecule has 0 fully saturated rings. The van der Waals surface area contributed by atoms with Crippen molar-refractivity contribution in [1.29, 1.82) is 5.41 Å². The van der Waals surface area contributed by atoms with E-state index in [2.05, 4.69) is 46.6 Å². The van der Waals surface area contributed by atoms with Gasteiger partial charge in [0.1, 0.15) is 0 Å². The fraction of sp³-hybridized carbons (Fsp3) is 0.294. The molecule has 0 atom stereocenters. The predicted octanol–water partition coefficient (Wildman–Crippen LogP) is 4.53. The van der Waals surface area contributed by atoms with Crippen LogP contribution in [0.1, 0.15) is 30.4 Å². The standard InChI is InChI=1S/C17H17ClINO/c18-17(13-21)16(12-20)10-9-15-7-5-14(6-8-15)4-2-1-3-11-19/h5-8,12-13,20H,1-4,11H2/b17-16+,20-12?. The lowest BCUT2D eigenvalue weighted by molar-refractivity contribution is -0.104. The van der Waals surface area contributed by atoms with E-state index >= 15 is 0 Å². The molecule has 110 valence electrons. The van der Waals surface area contributed by atoms with Gasteiger partial charge in [-0.2, -0.15) is 0 Å². The van der Waals surface area contributed by atoms with Gasteiger partial charge >= 0.3 is 0 Å². The largest absolute Gasteiger partial charge is 0.307 e. The van der Waals surface area contributed by atoms with Crippen molar-refractivity contribution in [1.82, 2.24) is 0 Å². The summed E-state index contributed by atoms with van der Waals surface area (Å²) in [5.41, 5.74) is 2.39. The van der Waals surface area contributed by atoms with Gasteiger partial charge in [-0.25, -0.2) is 0 Å². The van der Waals surface area contributed by atoms with E-state index in [0.717, 1.165) is 18.2 Å². The Hall–Kier alpha value is -1.12. The Bertz CT molecular complexity index is 567. The lowest BCUT2D eigenvalue weighted by Crippen LogP contribution is -1.88. The van der Waals surface area contributed by atoms with E-state index in [4.69, 9.17) is 17.0 Å². The van der Waals surface area contributed by atoms with Crippen LogP contribution in [0.5, 0.6) is 0 Å². The first kappa shape index (κ1) is 17.9. The molecular formula is C17H17ClINO. The quantitative estimate of drug-likeness (QED) is 0.133. The molecule has 1 aromatic carbocycles. The highest BCUT2D eigenvalue weighted by molar-refractivity contribution is 14.1. The van der Waals surface area contributed by atoms with Crippen LogP contribution < -0.4 is 0 Å². The van der Waals surface area contributed by atoms with Gasteiger partial charge in [0, 0.05) is 11.8 Å². The van der Waals surface area contributed by atoms with E-state index in [1.807, 2.05) is 12.1 Å². The number of rotatable bonds is 7. The zero-order valence-corrected chi connectivity index (χ0v) is 14.6. The van der Waals surface area contributed by atoms with Gasteiger partial charge in [0.2, 0.25) is 0 Å². The molecule has 0 spiro atoms. The Morgan fingerprint density at radius 1 is 1.24 bits per heavy atom. The van der Waals surface area contributed by atoms with E-state index in [9.17, 15) is 4.79 Å². The van der Waals surface area contributed by atoms with Crippen LogP contribution in [0.15, 0.2) is 34.9 Å². The third-order valence-corrected chi connectivity index (χ3v) is 3.96. The second-order valence-electron chi connectivity index (χ2n) is 4.47. The molecule has 4 heteroatoms. The third-order valence-electron chi connectivity index (χ3n) is 2.90. The summed E-state index contributed by atoms with van der Waals surface area (Å²) in [6, 6.07) is 8.06. The van der Waals surface area contributed by atoms with E-state index < -0.39 is 0 Å².